The van der Waals surface area contributed by atoms with Gasteiger partial charge in [0.15, 0.2) is 5.43 Å². The first-order valence-corrected chi connectivity index (χ1v) is 10.4. The van der Waals surface area contributed by atoms with Crippen LogP contribution in [0.15, 0.2) is 45.6 Å². The zero-order valence-electron chi connectivity index (χ0n) is 17.7. The summed E-state index contributed by atoms with van der Waals surface area (Å²) in [6, 6.07) is 10.5. The number of carbonyl (C=O) groups excluding carboxylic acids is 1. The molecule has 1 atom stereocenters. The summed E-state index contributed by atoms with van der Waals surface area (Å²) in [7, 11) is 4.00. The van der Waals surface area contributed by atoms with Crippen LogP contribution in [0.3, 0.4) is 0 Å². The molecule has 30 heavy (non-hydrogen) atoms. The van der Waals surface area contributed by atoms with E-state index in [2.05, 4.69) is 4.90 Å². The standard InChI is InChI=1S/C24H25ClN2O3/c1-14-12-18-19(13-15(14)2)30-23-20(22(18)28)21(16-6-8-17(25)9-7-16)27(24(23)29)11-5-10-26(3)4/h6-9,12-13,21H,5,10-11H2,1-4H3/t21-/m0/s1. The summed E-state index contributed by atoms with van der Waals surface area (Å²) in [6.45, 7) is 5.31. The molecule has 0 saturated carbocycles. The third-order valence-electron chi connectivity index (χ3n) is 5.77. The Morgan fingerprint density at radius 2 is 1.73 bits per heavy atom. The molecule has 0 N–H and O–H groups in total. The minimum absolute atomic E-state index is 0.141. The molecule has 6 heteroatoms. The number of amides is 1. The maximum atomic E-state index is 13.5. The van der Waals surface area contributed by atoms with E-state index < -0.39 is 6.04 Å². The minimum Gasteiger partial charge on any atom is -0.450 e. The van der Waals surface area contributed by atoms with Gasteiger partial charge >= 0.3 is 0 Å². The average Bonchev–Trinajstić information content (AvgIpc) is 2.97. The molecule has 0 aliphatic carbocycles. The molecule has 0 radical (unpaired) electrons. The van der Waals surface area contributed by atoms with Gasteiger partial charge in [-0.1, -0.05) is 23.7 Å². The fraction of sp³-hybridized carbons (Fsp3) is 0.333. The van der Waals surface area contributed by atoms with Gasteiger partial charge in [0.1, 0.15) is 5.58 Å². The van der Waals surface area contributed by atoms with Crippen molar-refractivity contribution in [3.05, 3.63) is 79.7 Å². The van der Waals surface area contributed by atoms with E-state index in [1.54, 1.807) is 17.0 Å². The lowest BCUT2D eigenvalue weighted by molar-refractivity contribution is 0.0722. The van der Waals surface area contributed by atoms with Crippen molar-refractivity contribution >= 4 is 28.5 Å². The molecule has 2 aromatic carbocycles. The van der Waals surface area contributed by atoms with E-state index in [9.17, 15) is 9.59 Å². The lowest BCUT2D eigenvalue weighted by Gasteiger charge is -2.25. The lowest BCUT2D eigenvalue weighted by atomic mass is 9.97. The highest BCUT2D eigenvalue weighted by Crippen LogP contribution is 2.38. The molecule has 0 saturated heterocycles. The third-order valence-corrected chi connectivity index (χ3v) is 6.02. The van der Waals surface area contributed by atoms with Gasteiger partial charge in [0.2, 0.25) is 5.76 Å². The second-order valence-corrected chi connectivity index (χ2v) is 8.65. The molecule has 4 rings (SSSR count). The smallest absolute Gasteiger partial charge is 0.290 e. The molecule has 156 valence electrons. The van der Waals surface area contributed by atoms with Crippen LogP contribution in [0.4, 0.5) is 0 Å². The molecular weight excluding hydrogens is 400 g/mol. The van der Waals surface area contributed by atoms with Crippen molar-refractivity contribution in [2.45, 2.75) is 26.3 Å². The summed E-state index contributed by atoms with van der Waals surface area (Å²) in [5.74, 6) is -0.0820. The van der Waals surface area contributed by atoms with Crippen LogP contribution in [0.1, 0.15) is 45.3 Å². The number of nitrogens with zero attached hydrogens (tertiary/aromatic N) is 2. The zero-order valence-corrected chi connectivity index (χ0v) is 18.4. The van der Waals surface area contributed by atoms with Gasteiger partial charge in [0.25, 0.3) is 5.91 Å². The van der Waals surface area contributed by atoms with Crippen molar-refractivity contribution in [3.63, 3.8) is 0 Å². The van der Waals surface area contributed by atoms with E-state index in [0.29, 0.717) is 28.1 Å². The van der Waals surface area contributed by atoms with Crippen LogP contribution >= 0.6 is 11.6 Å². The van der Waals surface area contributed by atoms with Gasteiger partial charge in [-0.2, -0.15) is 0 Å². The third kappa shape index (κ3) is 3.53. The van der Waals surface area contributed by atoms with Crippen LogP contribution in [0.5, 0.6) is 0 Å². The summed E-state index contributed by atoms with van der Waals surface area (Å²) in [6.07, 6.45) is 0.794. The van der Waals surface area contributed by atoms with Crippen LogP contribution in [0, 0.1) is 13.8 Å². The van der Waals surface area contributed by atoms with Crippen LogP contribution in [-0.4, -0.2) is 42.9 Å². The zero-order chi connectivity index (χ0) is 21.6. The molecule has 0 spiro atoms. The molecule has 0 fully saturated rings. The summed E-state index contributed by atoms with van der Waals surface area (Å²) in [4.78, 5) is 30.7. The van der Waals surface area contributed by atoms with Gasteiger partial charge in [-0.25, -0.2) is 0 Å². The van der Waals surface area contributed by atoms with Crippen molar-refractivity contribution in [1.29, 1.82) is 0 Å². The maximum absolute atomic E-state index is 13.5. The van der Waals surface area contributed by atoms with Gasteiger partial charge in [0, 0.05) is 11.6 Å². The van der Waals surface area contributed by atoms with Crippen molar-refractivity contribution in [3.8, 4) is 0 Å². The molecule has 0 unspecified atom stereocenters. The van der Waals surface area contributed by atoms with Gasteiger partial charge in [-0.3, -0.25) is 9.59 Å². The van der Waals surface area contributed by atoms with Crippen molar-refractivity contribution < 1.29 is 9.21 Å². The Kier molecular flexibility index (Phi) is 5.43. The number of hydrogen-bond acceptors (Lipinski definition) is 4. The Balaban J connectivity index is 1.90. The quantitative estimate of drug-likeness (QED) is 0.602. The van der Waals surface area contributed by atoms with E-state index in [-0.39, 0.29) is 17.1 Å². The highest BCUT2D eigenvalue weighted by atomic mass is 35.5. The fourth-order valence-corrected chi connectivity index (χ4v) is 4.18. The predicted molar refractivity (Wildman–Crippen MR) is 119 cm³/mol. The Hall–Kier alpha value is -2.63. The number of halogens is 1. The predicted octanol–water partition coefficient (Wildman–Crippen LogP) is 4.56. The Morgan fingerprint density at radius 3 is 2.40 bits per heavy atom. The molecule has 1 aliphatic heterocycles. The molecule has 2 heterocycles. The number of benzene rings is 2. The molecule has 5 nitrogen and oxygen atoms in total. The first-order valence-electron chi connectivity index (χ1n) is 10.1. The lowest BCUT2D eigenvalue weighted by Crippen LogP contribution is -2.32. The molecular formula is C24H25ClN2O3. The largest absolute Gasteiger partial charge is 0.450 e. The van der Waals surface area contributed by atoms with Gasteiger partial charge in [-0.15, -0.1) is 0 Å². The number of hydrogen-bond donors (Lipinski definition) is 0. The van der Waals surface area contributed by atoms with Gasteiger partial charge in [0.05, 0.1) is 17.0 Å². The van der Waals surface area contributed by atoms with E-state index in [1.165, 1.54) is 0 Å². The molecule has 1 amide bonds. The van der Waals surface area contributed by atoms with Gasteiger partial charge < -0.3 is 14.2 Å². The van der Waals surface area contributed by atoms with E-state index in [0.717, 1.165) is 29.7 Å². The SMILES string of the molecule is Cc1cc2oc3c(c(=O)c2cc1C)[C@H](c1ccc(Cl)cc1)N(CCCN(C)C)C3=O. The first-order chi connectivity index (χ1) is 14.3. The number of rotatable bonds is 5. The summed E-state index contributed by atoms with van der Waals surface area (Å²) < 4.78 is 6.04. The van der Waals surface area contributed by atoms with E-state index in [1.807, 2.05) is 52.2 Å². The molecule has 1 aromatic heterocycles. The van der Waals surface area contributed by atoms with Crippen molar-refractivity contribution in [2.24, 2.45) is 0 Å². The van der Waals surface area contributed by atoms with Crippen molar-refractivity contribution in [1.82, 2.24) is 9.80 Å². The second kappa shape index (κ2) is 7.89. The molecule has 0 bridgehead atoms. The average molecular weight is 425 g/mol. The Bertz CT molecular complexity index is 1180. The number of aryl methyl sites for hydroxylation is 2. The Labute approximate surface area is 180 Å². The monoisotopic (exact) mass is 424 g/mol. The summed E-state index contributed by atoms with van der Waals surface area (Å²) in [5, 5.41) is 1.12. The van der Waals surface area contributed by atoms with Crippen LogP contribution in [0.2, 0.25) is 5.02 Å². The minimum atomic E-state index is -0.478. The highest BCUT2D eigenvalue weighted by molar-refractivity contribution is 6.30. The van der Waals surface area contributed by atoms with Crippen molar-refractivity contribution in [2.75, 3.05) is 27.2 Å². The summed E-state index contributed by atoms with van der Waals surface area (Å²) >= 11 is 6.08. The normalized spacial score (nSPS) is 16.0. The van der Waals surface area contributed by atoms with Crippen LogP contribution in [-0.2, 0) is 0 Å². The fourth-order valence-electron chi connectivity index (χ4n) is 4.06. The highest BCUT2D eigenvalue weighted by Gasteiger charge is 2.42. The first kappa shape index (κ1) is 20.6. The number of carbonyl (C=O) groups is 1. The van der Waals surface area contributed by atoms with E-state index in [4.69, 9.17) is 16.0 Å². The topological polar surface area (TPSA) is 53.8 Å². The second-order valence-electron chi connectivity index (χ2n) is 8.22. The van der Waals surface area contributed by atoms with E-state index >= 15 is 0 Å². The van der Waals surface area contributed by atoms with Gasteiger partial charge in [-0.05, 0) is 81.9 Å². The Morgan fingerprint density at radius 1 is 1.07 bits per heavy atom. The molecule has 1 aliphatic rings. The number of fused-ring (bicyclic) bond motifs is 2. The maximum Gasteiger partial charge on any atom is 0.290 e. The van der Waals surface area contributed by atoms with Crippen LogP contribution in [0.25, 0.3) is 11.0 Å². The summed E-state index contributed by atoms with van der Waals surface area (Å²) in [5.41, 5.74) is 3.63. The van der Waals surface area contributed by atoms with Crippen LogP contribution < -0.4 is 5.43 Å². The molecule has 3 aromatic rings.